The molecule has 1 N–H and O–H groups in total. The lowest BCUT2D eigenvalue weighted by Gasteiger charge is -2.22. The molecule has 0 aromatic heterocycles. The maximum absolute atomic E-state index is 12.7. The molecule has 0 aromatic carbocycles. The highest BCUT2D eigenvalue weighted by molar-refractivity contribution is 8.13. The fourth-order valence-electron chi connectivity index (χ4n) is 4.50. The number of carbonyl (C=O) groups is 1. The Balaban J connectivity index is 3.76. The minimum Gasteiger partial charge on any atom is -0.396 e. The monoisotopic (exact) mass is 514 g/mol. The van der Waals surface area contributed by atoms with Crippen molar-refractivity contribution >= 4 is 17.0 Å². The molecule has 5 heteroatoms. The lowest BCUT2D eigenvalue weighted by atomic mass is 10.0. The molecular formula is C30H62N2O2S. The van der Waals surface area contributed by atoms with Gasteiger partial charge in [-0.3, -0.25) is 4.79 Å². The molecule has 0 bridgehead atoms. The van der Waals surface area contributed by atoms with Gasteiger partial charge in [-0.05, 0) is 33.4 Å². The van der Waals surface area contributed by atoms with E-state index in [2.05, 4.69) is 30.8 Å². The highest BCUT2D eigenvalue weighted by Crippen LogP contribution is 2.16. The molecule has 0 saturated heterocycles. The van der Waals surface area contributed by atoms with Gasteiger partial charge in [-0.2, -0.15) is 0 Å². The molecule has 0 heterocycles. The fraction of sp³-hybridized carbons (Fsp3) is 0.967. The molecular weight excluding hydrogens is 452 g/mol. The van der Waals surface area contributed by atoms with Gasteiger partial charge in [0.2, 0.25) is 0 Å². The van der Waals surface area contributed by atoms with E-state index in [4.69, 9.17) is 5.11 Å². The molecule has 0 aliphatic carbocycles. The Labute approximate surface area is 224 Å². The van der Waals surface area contributed by atoms with E-state index in [9.17, 15) is 4.79 Å². The van der Waals surface area contributed by atoms with Gasteiger partial charge in [0, 0.05) is 32.0 Å². The van der Waals surface area contributed by atoms with Gasteiger partial charge in [0.15, 0.2) is 0 Å². The first-order chi connectivity index (χ1) is 17.1. The molecule has 4 nitrogen and oxygen atoms in total. The summed E-state index contributed by atoms with van der Waals surface area (Å²) in [7, 11) is 4.12. The smallest absolute Gasteiger partial charge is 0.281 e. The molecule has 0 unspecified atom stereocenters. The average molecular weight is 515 g/mol. The summed E-state index contributed by atoms with van der Waals surface area (Å²) >= 11 is 1.49. The number of hydrogen-bond donors (Lipinski definition) is 1. The van der Waals surface area contributed by atoms with Crippen LogP contribution >= 0.6 is 11.8 Å². The summed E-state index contributed by atoms with van der Waals surface area (Å²) in [6.07, 6.45) is 27.5. The van der Waals surface area contributed by atoms with Crippen LogP contribution in [0.2, 0.25) is 0 Å². The van der Waals surface area contributed by atoms with Crippen molar-refractivity contribution in [2.24, 2.45) is 0 Å². The zero-order chi connectivity index (χ0) is 25.8. The summed E-state index contributed by atoms with van der Waals surface area (Å²) in [5.41, 5.74) is 0. The molecule has 0 fully saturated rings. The molecule has 1 amide bonds. The quantitative estimate of drug-likeness (QED) is 0.111. The second kappa shape index (κ2) is 28.3. The van der Waals surface area contributed by atoms with Crippen LogP contribution in [0.1, 0.15) is 142 Å². The first-order valence-electron chi connectivity index (χ1n) is 15.3. The number of thioether (sulfide) groups is 1. The number of aliphatic hydroxyl groups is 1. The Hall–Kier alpha value is -0.260. The highest BCUT2D eigenvalue weighted by atomic mass is 32.2. The maximum Gasteiger partial charge on any atom is 0.281 e. The Bertz CT molecular complexity index is 435. The van der Waals surface area contributed by atoms with Crippen LogP contribution in [0.25, 0.3) is 0 Å². The largest absolute Gasteiger partial charge is 0.396 e. The molecule has 0 aliphatic rings. The lowest BCUT2D eigenvalue weighted by Crippen LogP contribution is -2.30. The number of carbonyl (C=O) groups excluding carboxylic acids is 1. The highest BCUT2D eigenvalue weighted by Gasteiger charge is 2.13. The van der Waals surface area contributed by atoms with Gasteiger partial charge in [0.25, 0.3) is 5.24 Å². The van der Waals surface area contributed by atoms with E-state index in [1.807, 2.05) is 0 Å². The zero-order valence-corrected chi connectivity index (χ0v) is 24.9. The van der Waals surface area contributed by atoms with Crippen LogP contribution in [0.5, 0.6) is 0 Å². The number of nitrogens with zero attached hydrogens (tertiary/aromatic N) is 2. The van der Waals surface area contributed by atoms with Gasteiger partial charge in [0.1, 0.15) is 0 Å². The van der Waals surface area contributed by atoms with Crippen LogP contribution in [-0.4, -0.2) is 66.2 Å². The van der Waals surface area contributed by atoms with Crippen molar-refractivity contribution in [3.05, 3.63) is 0 Å². The number of aliphatic hydroxyl groups excluding tert-OH is 1. The summed E-state index contributed by atoms with van der Waals surface area (Å²) in [5, 5.41) is 9.18. The Kier molecular flexibility index (Phi) is 28.1. The number of hydrogen-bond acceptors (Lipinski definition) is 4. The average Bonchev–Trinajstić information content (AvgIpc) is 2.84. The predicted molar refractivity (Wildman–Crippen MR) is 158 cm³/mol. The predicted octanol–water partition coefficient (Wildman–Crippen LogP) is 8.91. The van der Waals surface area contributed by atoms with E-state index in [1.54, 1.807) is 0 Å². The van der Waals surface area contributed by atoms with Crippen LogP contribution in [0, 0.1) is 0 Å². The summed E-state index contributed by atoms with van der Waals surface area (Å²) in [6, 6.07) is 0. The molecule has 0 atom stereocenters. The Morgan fingerprint density at radius 3 is 1.31 bits per heavy atom. The third-order valence-electron chi connectivity index (χ3n) is 6.89. The van der Waals surface area contributed by atoms with Crippen molar-refractivity contribution < 1.29 is 9.90 Å². The van der Waals surface area contributed by atoms with Crippen molar-refractivity contribution in [2.45, 2.75) is 142 Å². The first kappa shape index (κ1) is 34.7. The first-order valence-corrected chi connectivity index (χ1v) is 16.3. The van der Waals surface area contributed by atoms with Gasteiger partial charge in [-0.25, -0.2) is 0 Å². The molecule has 0 spiro atoms. The minimum atomic E-state index is 0.267. The standard InChI is InChI=1S/C30H62N2O2S/c1-4-5-6-7-8-9-10-11-12-13-14-15-16-17-19-22-25-32(26-23-20-18-21-24-28-33)30(34)35-29-27-31(2)3/h33H,4-29H2,1-3H3. The van der Waals surface area contributed by atoms with Gasteiger partial charge in [-0.15, -0.1) is 0 Å². The van der Waals surface area contributed by atoms with E-state index in [1.165, 1.54) is 108 Å². The number of rotatable bonds is 27. The van der Waals surface area contributed by atoms with E-state index >= 15 is 0 Å². The minimum absolute atomic E-state index is 0.267. The van der Waals surface area contributed by atoms with E-state index in [0.717, 1.165) is 63.9 Å². The molecule has 210 valence electrons. The van der Waals surface area contributed by atoms with Crippen molar-refractivity contribution in [1.82, 2.24) is 9.80 Å². The SMILES string of the molecule is CCCCCCCCCCCCCCCCCCN(CCCCCCCO)C(=O)SCCN(C)C. The van der Waals surface area contributed by atoms with Crippen molar-refractivity contribution in [3.63, 3.8) is 0 Å². The van der Waals surface area contributed by atoms with E-state index in [-0.39, 0.29) is 5.24 Å². The second-order valence-electron chi connectivity index (χ2n) is 10.7. The van der Waals surface area contributed by atoms with Gasteiger partial charge < -0.3 is 14.9 Å². The van der Waals surface area contributed by atoms with Crippen LogP contribution in [0.4, 0.5) is 4.79 Å². The molecule has 0 rings (SSSR count). The molecule has 0 radical (unpaired) electrons. The number of amides is 1. The van der Waals surface area contributed by atoms with E-state index < -0.39 is 0 Å². The zero-order valence-electron chi connectivity index (χ0n) is 24.0. The van der Waals surface area contributed by atoms with Crippen molar-refractivity contribution in [3.8, 4) is 0 Å². The summed E-state index contributed by atoms with van der Waals surface area (Å²) < 4.78 is 0. The van der Waals surface area contributed by atoms with Crippen LogP contribution in [-0.2, 0) is 0 Å². The normalized spacial score (nSPS) is 11.5. The third-order valence-corrected chi connectivity index (χ3v) is 7.78. The summed E-state index contributed by atoms with van der Waals surface area (Å²) in [6.45, 7) is 5.35. The van der Waals surface area contributed by atoms with Crippen LogP contribution in [0.15, 0.2) is 0 Å². The van der Waals surface area contributed by atoms with Crippen LogP contribution in [0.3, 0.4) is 0 Å². The van der Waals surface area contributed by atoms with Gasteiger partial charge in [0.05, 0.1) is 0 Å². The molecule has 0 aliphatic heterocycles. The van der Waals surface area contributed by atoms with E-state index in [0.29, 0.717) is 6.61 Å². The second-order valence-corrected chi connectivity index (χ2v) is 11.7. The Morgan fingerprint density at radius 1 is 0.571 bits per heavy atom. The number of unbranched alkanes of at least 4 members (excludes halogenated alkanes) is 19. The molecule has 35 heavy (non-hydrogen) atoms. The van der Waals surface area contributed by atoms with Gasteiger partial charge in [-0.1, -0.05) is 134 Å². The lowest BCUT2D eigenvalue weighted by molar-refractivity contribution is 0.220. The van der Waals surface area contributed by atoms with Crippen molar-refractivity contribution in [2.75, 3.05) is 46.1 Å². The van der Waals surface area contributed by atoms with Gasteiger partial charge >= 0.3 is 0 Å². The maximum atomic E-state index is 12.7. The fourth-order valence-corrected chi connectivity index (χ4v) is 5.49. The summed E-state index contributed by atoms with van der Waals surface area (Å²) in [4.78, 5) is 17.0. The molecule has 0 saturated carbocycles. The topological polar surface area (TPSA) is 43.8 Å². The third kappa shape index (κ3) is 26.6. The Morgan fingerprint density at radius 2 is 0.943 bits per heavy atom. The molecule has 0 aromatic rings. The summed E-state index contributed by atoms with van der Waals surface area (Å²) in [5.74, 6) is 0.873. The van der Waals surface area contributed by atoms with Crippen LogP contribution < -0.4 is 0 Å². The van der Waals surface area contributed by atoms with Crippen molar-refractivity contribution in [1.29, 1.82) is 0 Å².